The monoisotopic (exact) mass is 337 g/mol. The van der Waals surface area contributed by atoms with E-state index in [1.54, 1.807) is 6.26 Å². The van der Waals surface area contributed by atoms with Crippen molar-refractivity contribution in [2.45, 2.75) is 45.2 Å². The van der Waals surface area contributed by atoms with Gasteiger partial charge < -0.3 is 25.7 Å². The van der Waals surface area contributed by atoms with E-state index in [1.165, 1.54) is 17.7 Å². The van der Waals surface area contributed by atoms with Crippen LogP contribution in [0.4, 0.5) is 4.79 Å². The van der Waals surface area contributed by atoms with E-state index in [0.29, 0.717) is 6.54 Å². The largest absolute Gasteiger partial charge is 0.463 e. The van der Waals surface area contributed by atoms with Crippen LogP contribution in [0.5, 0.6) is 0 Å². The zero-order valence-corrected chi connectivity index (χ0v) is 14.5. The molecular formula is C17H29N4O3+. The van der Waals surface area contributed by atoms with E-state index in [-0.39, 0.29) is 17.9 Å². The van der Waals surface area contributed by atoms with Gasteiger partial charge in [0.05, 0.1) is 25.9 Å². The van der Waals surface area contributed by atoms with Gasteiger partial charge in [0.25, 0.3) is 0 Å². The molecule has 1 fully saturated rings. The summed E-state index contributed by atoms with van der Waals surface area (Å²) in [7, 11) is 0. The zero-order valence-electron chi connectivity index (χ0n) is 14.5. The third-order valence-corrected chi connectivity index (χ3v) is 4.90. The fourth-order valence-electron chi connectivity index (χ4n) is 3.28. The van der Waals surface area contributed by atoms with E-state index in [4.69, 9.17) is 10.2 Å². The molecule has 0 bridgehead atoms. The quantitative estimate of drug-likeness (QED) is 0.545. The number of quaternary nitrogens is 1. The van der Waals surface area contributed by atoms with Gasteiger partial charge in [0, 0.05) is 12.8 Å². The van der Waals surface area contributed by atoms with Crippen LogP contribution in [-0.4, -0.2) is 37.6 Å². The lowest BCUT2D eigenvalue weighted by atomic mass is 9.98. The van der Waals surface area contributed by atoms with Gasteiger partial charge in [0.1, 0.15) is 6.04 Å². The molecule has 1 aliphatic heterocycles. The number of furan rings is 1. The molecule has 24 heavy (non-hydrogen) atoms. The van der Waals surface area contributed by atoms with Crippen LogP contribution >= 0.6 is 0 Å². The van der Waals surface area contributed by atoms with Crippen molar-refractivity contribution in [3.63, 3.8) is 0 Å². The van der Waals surface area contributed by atoms with Gasteiger partial charge in [0.2, 0.25) is 5.91 Å². The normalized spacial score (nSPS) is 18.8. The summed E-state index contributed by atoms with van der Waals surface area (Å²) in [5.41, 5.74) is 5.21. The summed E-state index contributed by atoms with van der Waals surface area (Å²) in [4.78, 5) is 25.2. The highest BCUT2D eigenvalue weighted by atomic mass is 16.3. The van der Waals surface area contributed by atoms with E-state index in [1.807, 2.05) is 26.0 Å². The molecule has 1 saturated heterocycles. The van der Waals surface area contributed by atoms with E-state index in [9.17, 15) is 9.59 Å². The van der Waals surface area contributed by atoms with Crippen LogP contribution in [-0.2, 0) is 4.79 Å². The van der Waals surface area contributed by atoms with Crippen LogP contribution in [0.3, 0.4) is 0 Å². The molecule has 0 unspecified atom stereocenters. The summed E-state index contributed by atoms with van der Waals surface area (Å²) in [5.74, 6) is 0.701. The number of carbonyl (C=O) groups is 2. The third kappa shape index (κ3) is 4.74. The number of primary amides is 1. The molecule has 7 nitrogen and oxygen atoms in total. The first-order valence-electron chi connectivity index (χ1n) is 8.74. The smallest absolute Gasteiger partial charge is 0.312 e. The van der Waals surface area contributed by atoms with Crippen molar-refractivity contribution < 1.29 is 18.9 Å². The van der Waals surface area contributed by atoms with Gasteiger partial charge >= 0.3 is 6.03 Å². The second-order valence-corrected chi connectivity index (χ2v) is 6.55. The van der Waals surface area contributed by atoms with Crippen molar-refractivity contribution >= 4 is 11.9 Å². The van der Waals surface area contributed by atoms with Crippen molar-refractivity contribution in [2.24, 2.45) is 11.7 Å². The lowest BCUT2D eigenvalue weighted by molar-refractivity contribution is -0.919. The summed E-state index contributed by atoms with van der Waals surface area (Å²) < 4.78 is 5.57. The molecule has 0 spiro atoms. The molecule has 1 aromatic rings. The number of carbonyl (C=O) groups excluding carboxylic acids is 2. The summed E-state index contributed by atoms with van der Waals surface area (Å²) in [5, 5.41) is 5.53. The van der Waals surface area contributed by atoms with Gasteiger partial charge in [0.15, 0.2) is 11.8 Å². The fraction of sp³-hybridized carbons (Fsp3) is 0.647. The van der Waals surface area contributed by atoms with Gasteiger partial charge in [-0.25, -0.2) is 4.79 Å². The lowest BCUT2D eigenvalue weighted by Gasteiger charge is -2.26. The molecule has 0 saturated carbocycles. The summed E-state index contributed by atoms with van der Waals surface area (Å²) in [6.07, 6.45) is 4.83. The number of rotatable bonds is 8. The van der Waals surface area contributed by atoms with Crippen molar-refractivity contribution in [3.8, 4) is 0 Å². The molecule has 2 rings (SSSR count). The Bertz CT molecular complexity index is 526. The number of likely N-dealkylation sites (tertiary alicyclic amines) is 1. The molecule has 3 amide bonds. The van der Waals surface area contributed by atoms with Gasteiger partial charge in [-0.05, 0) is 18.1 Å². The van der Waals surface area contributed by atoms with Gasteiger partial charge in [-0.1, -0.05) is 20.3 Å². The maximum atomic E-state index is 12.5. The summed E-state index contributed by atoms with van der Waals surface area (Å²) >= 11 is 0. The Morgan fingerprint density at radius 1 is 1.38 bits per heavy atom. The van der Waals surface area contributed by atoms with Crippen molar-refractivity contribution in [1.82, 2.24) is 10.6 Å². The van der Waals surface area contributed by atoms with E-state index >= 15 is 0 Å². The maximum Gasteiger partial charge on any atom is 0.312 e. The Balaban J connectivity index is 2.01. The average Bonchev–Trinajstić information content (AvgIpc) is 3.25. The predicted octanol–water partition coefficient (Wildman–Crippen LogP) is 0.199. The first-order valence-corrected chi connectivity index (χ1v) is 8.74. The number of hydrogen-bond donors (Lipinski definition) is 4. The predicted molar refractivity (Wildman–Crippen MR) is 90.4 cm³/mol. The molecule has 7 heteroatoms. The average molecular weight is 337 g/mol. The molecule has 2 heterocycles. The van der Waals surface area contributed by atoms with Crippen LogP contribution in [0.2, 0.25) is 0 Å². The highest BCUT2D eigenvalue weighted by Crippen LogP contribution is 2.12. The molecular weight excluding hydrogens is 308 g/mol. The first-order chi connectivity index (χ1) is 11.5. The van der Waals surface area contributed by atoms with Crippen molar-refractivity contribution in [1.29, 1.82) is 0 Å². The first kappa shape index (κ1) is 18.3. The van der Waals surface area contributed by atoms with Crippen LogP contribution in [0.25, 0.3) is 0 Å². The van der Waals surface area contributed by atoms with Crippen LogP contribution in [0.1, 0.15) is 44.9 Å². The van der Waals surface area contributed by atoms with Gasteiger partial charge in [-0.15, -0.1) is 0 Å². The highest BCUT2D eigenvalue weighted by molar-refractivity contribution is 5.86. The Labute approximate surface area is 142 Å². The van der Waals surface area contributed by atoms with Gasteiger partial charge in [-0.3, -0.25) is 4.79 Å². The van der Waals surface area contributed by atoms with E-state index in [0.717, 1.165) is 25.3 Å². The molecule has 134 valence electrons. The second kappa shape index (κ2) is 8.73. The second-order valence-electron chi connectivity index (χ2n) is 6.55. The van der Waals surface area contributed by atoms with Gasteiger partial charge in [-0.2, -0.15) is 0 Å². The van der Waals surface area contributed by atoms with E-state index in [2.05, 4.69) is 10.6 Å². The number of urea groups is 1. The molecule has 1 aromatic heterocycles. The number of hydrogen-bond acceptors (Lipinski definition) is 3. The SMILES string of the molecule is CC[C@H](C)[C@H](NC(N)=O)C(=O)NC[C@H](c1ccco1)[NH+]1CCCC1. The Hall–Kier alpha value is -2.02. The standard InChI is InChI=1S/C17H28N4O3/c1-3-12(2)15(20-17(18)23)16(22)19-11-13(14-7-6-10-24-14)21-8-4-5-9-21/h6-7,10,12-13,15H,3-5,8-9,11H2,1-2H3,(H,19,22)(H3,18,20,23)/p+1/t12-,13+,15-/m0/s1. The minimum atomic E-state index is -0.678. The zero-order chi connectivity index (χ0) is 17.5. The Kier molecular flexibility index (Phi) is 6.66. The van der Waals surface area contributed by atoms with Crippen LogP contribution in [0, 0.1) is 5.92 Å². The fourth-order valence-corrected chi connectivity index (χ4v) is 3.28. The molecule has 0 aromatic carbocycles. The molecule has 0 radical (unpaired) electrons. The van der Waals surface area contributed by atoms with Crippen molar-refractivity contribution in [2.75, 3.05) is 19.6 Å². The number of nitrogens with one attached hydrogen (secondary N) is 3. The Morgan fingerprint density at radius 3 is 2.62 bits per heavy atom. The third-order valence-electron chi connectivity index (χ3n) is 4.90. The number of amides is 3. The molecule has 0 aliphatic carbocycles. The number of nitrogens with two attached hydrogens (primary N) is 1. The molecule has 3 atom stereocenters. The minimum Gasteiger partial charge on any atom is -0.463 e. The molecule has 5 N–H and O–H groups in total. The lowest BCUT2D eigenvalue weighted by Crippen LogP contribution is -3.11. The van der Waals surface area contributed by atoms with Crippen LogP contribution < -0.4 is 21.3 Å². The van der Waals surface area contributed by atoms with Crippen LogP contribution in [0.15, 0.2) is 22.8 Å². The maximum absolute atomic E-state index is 12.5. The molecule has 1 aliphatic rings. The van der Waals surface area contributed by atoms with E-state index < -0.39 is 12.1 Å². The minimum absolute atomic E-state index is 0.0127. The van der Waals surface area contributed by atoms with Crippen molar-refractivity contribution in [3.05, 3.63) is 24.2 Å². The highest BCUT2D eigenvalue weighted by Gasteiger charge is 2.31. The summed E-state index contributed by atoms with van der Waals surface area (Å²) in [6, 6.07) is 2.63. The summed E-state index contributed by atoms with van der Waals surface area (Å²) in [6.45, 7) is 6.55. The topological polar surface area (TPSA) is 102 Å². The Morgan fingerprint density at radius 2 is 2.08 bits per heavy atom.